The van der Waals surface area contributed by atoms with Gasteiger partial charge >= 0.3 is 0 Å². The molecule has 0 radical (unpaired) electrons. The van der Waals surface area contributed by atoms with Gasteiger partial charge in [0.1, 0.15) is 11.2 Å². The van der Waals surface area contributed by atoms with Crippen molar-refractivity contribution in [3.8, 4) is 0 Å². The van der Waals surface area contributed by atoms with Gasteiger partial charge in [-0.15, -0.1) is 11.8 Å². The van der Waals surface area contributed by atoms with Gasteiger partial charge in [0.2, 0.25) is 5.91 Å². The maximum Gasteiger partial charge on any atom is 0.238 e. The van der Waals surface area contributed by atoms with Crippen LogP contribution in [-0.2, 0) is 4.79 Å². The predicted molar refractivity (Wildman–Crippen MR) is 85.5 cm³/mol. The van der Waals surface area contributed by atoms with Crippen LogP contribution < -0.4 is 4.90 Å². The lowest BCUT2D eigenvalue weighted by Gasteiger charge is -2.24. The number of anilines is 1. The van der Waals surface area contributed by atoms with Crippen LogP contribution in [0.2, 0.25) is 10.0 Å². The minimum Gasteiger partial charge on any atom is -0.295 e. The smallest absolute Gasteiger partial charge is 0.238 e. The average molecular weight is 342 g/mol. The first-order valence-electron chi connectivity index (χ1n) is 6.20. The van der Waals surface area contributed by atoms with E-state index >= 15 is 0 Å². The quantitative estimate of drug-likeness (QED) is 0.773. The van der Waals surface area contributed by atoms with Gasteiger partial charge in [-0.2, -0.15) is 0 Å². The zero-order valence-electron chi connectivity index (χ0n) is 10.7. The van der Waals surface area contributed by atoms with E-state index in [9.17, 15) is 9.18 Å². The topological polar surface area (TPSA) is 20.3 Å². The summed E-state index contributed by atoms with van der Waals surface area (Å²) in [4.78, 5) is 13.8. The van der Waals surface area contributed by atoms with Crippen LogP contribution in [0.4, 0.5) is 10.1 Å². The Morgan fingerprint density at radius 3 is 2.48 bits per heavy atom. The fourth-order valence-corrected chi connectivity index (χ4v) is 3.68. The molecule has 0 aliphatic carbocycles. The van der Waals surface area contributed by atoms with Crippen LogP contribution in [0.1, 0.15) is 10.9 Å². The minimum atomic E-state index is -0.297. The molecule has 1 atom stereocenters. The molecule has 0 aromatic heterocycles. The first-order chi connectivity index (χ1) is 10.1. The second-order valence-electron chi connectivity index (χ2n) is 4.58. The maximum absolute atomic E-state index is 13.0. The molecule has 0 unspecified atom stereocenters. The van der Waals surface area contributed by atoms with Gasteiger partial charge in [0.15, 0.2) is 0 Å². The van der Waals surface area contributed by atoms with Crippen molar-refractivity contribution in [2.75, 3.05) is 10.7 Å². The number of carbonyl (C=O) groups excluding carboxylic acids is 1. The van der Waals surface area contributed by atoms with E-state index in [2.05, 4.69) is 0 Å². The van der Waals surface area contributed by atoms with E-state index in [1.54, 1.807) is 35.2 Å². The number of benzene rings is 2. The van der Waals surface area contributed by atoms with E-state index in [4.69, 9.17) is 23.2 Å². The number of hydrogen-bond donors (Lipinski definition) is 0. The molecule has 1 aliphatic heterocycles. The Morgan fingerprint density at radius 1 is 1.10 bits per heavy atom. The number of hydrogen-bond acceptors (Lipinski definition) is 2. The van der Waals surface area contributed by atoms with E-state index in [0.29, 0.717) is 21.5 Å². The van der Waals surface area contributed by atoms with E-state index in [0.717, 1.165) is 5.56 Å². The van der Waals surface area contributed by atoms with Crippen molar-refractivity contribution in [1.82, 2.24) is 0 Å². The predicted octanol–water partition coefficient (Wildman–Crippen LogP) is 4.91. The Morgan fingerprint density at radius 2 is 1.81 bits per heavy atom. The molecule has 0 bridgehead atoms. The van der Waals surface area contributed by atoms with Crippen molar-refractivity contribution in [3.63, 3.8) is 0 Å². The third-order valence-electron chi connectivity index (χ3n) is 3.20. The zero-order chi connectivity index (χ0) is 15.0. The van der Waals surface area contributed by atoms with Gasteiger partial charge < -0.3 is 0 Å². The molecule has 1 amide bonds. The lowest BCUT2D eigenvalue weighted by molar-refractivity contribution is -0.115. The Bertz CT molecular complexity index is 693. The monoisotopic (exact) mass is 341 g/mol. The lowest BCUT2D eigenvalue weighted by Crippen LogP contribution is -2.27. The standard InChI is InChI=1S/C15H10Cl2FNOS/c16-12-6-5-11(7-13(12)17)19-14(20)8-21-15(19)9-1-3-10(18)4-2-9/h1-7,15H,8H2/t15-/m0/s1. The Labute approximate surface area is 135 Å². The van der Waals surface area contributed by atoms with Gasteiger partial charge in [-0.25, -0.2) is 4.39 Å². The van der Waals surface area contributed by atoms with Gasteiger partial charge in [0, 0.05) is 5.69 Å². The first kappa shape index (κ1) is 14.7. The van der Waals surface area contributed by atoms with Crippen molar-refractivity contribution >= 4 is 46.6 Å². The lowest BCUT2D eigenvalue weighted by atomic mass is 10.2. The second kappa shape index (κ2) is 5.87. The molecule has 2 nitrogen and oxygen atoms in total. The highest BCUT2D eigenvalue weighted by molar-refractivity contribution is 8.00. The van der Waals surface area contributed by atoms with E-state index in [1.807, 2.05) is 0 Å². The molecule has 108 valence electrons. The van der Waals surface area contributed by atoms with Crippen molar-refractivity contribution in [2.24, 2.45) is 0 Å². The summed E-state index contributed by atoms with van der Waals surface area (Å²) >= 11 is 13.4. The summed E-state index contributed by atoms with van der Waals surface area (Å²) in [6.07, 6.45) is 0. The molecular formula is C15H10Cl2FNOS. The van der Waals surface area contributed by atoms with Gasteiger partial charge in [0.25, 0.3) is 0 Å². The van der Waals surface area contributed by atoms with Crippen molar-refractivity contribution in [2.45, 2.75) is 5.37 Å². The summed E-state index contributed by atoms with van der Waals surface area (Å²) in [5.41, 5.74) is 1.56. The third kappa shape index (κ3) is 2.89. The summed E-state index contributed by atoms with van der Waals surface area (Å²) in [5.74, 6) is 0.0735. The van der Waals surface area contributed by atoms with Crippen molar-refractivity contribution in [3.05, 3.63) is 63.9 Å². The maximum atomic E-state index is 13.0. The van der Waals surface area contributed by atoms with Crippen LogP contribution in [-0.4, -0.2) is 11.7 Å². The first-order valence-corrected chi connectivity index (χ1v) is 8.01. The van der Waals surface area contributed by atoms with Crippen LogP contribution in [0.3, 0.4) is 0 Å². The normalized spacial score (nSPS) is 18.3. The largest absolute Gasteiger partial charge is 0.295 e. The summed E-state index contributed by atoms with van der Waals surface area (Å²) in [6, 6.07) is 11.3. The Balaban J connectivity index is 1.99. The molecule has 21 heavy (non-hydrogen) atoms. The molecule has 0 N–H and O–H groups in total. The van der Waals surface area contributed by atoms with Crippen molar-refractivity contribution in [1.29, 1.82) is 0 Å². The van der Waals surface area contributed by atoms with Crippen LogP contribution in [0.15, 0.2) is 42.5 Å². The third-order valence-corrected chi connectivity index (χ3v) is 5.16. The van der Waals surface area contributed by atoms with Crippen LogP contribution in [0, 0.1) is 5.82 Å². The number of rotatable bonds is 2. The molecule has 1 fully saturated rings. The van der Waals surface area contributed by atoms with Crippen molar-refractivity contribution < 1.29 is 9.18 Å². The molecule has 1 aliphatic rings. The molecule has 6 heteroatoms. The molecule has 2 aromatic carbocycles. The Kier molecular flexibility index (Phi) is 4.11. The summed E-state index contributed by atoms with van der Waals surface area (Å²) in [6.45, 7) is 0. The highest BCUT2D eigenvalue weighted by Crippen LogP contribution is 2.42. The number of halogens is 3. The fourth-order valence-electron chi connectivity index (χ4n) is 2.21. The molecule has 3 rings (SSSR count). The molecule has 0 spiro atoms. The zero-order valence-corrected chi connectivity index (χ0v) is 13.1. The number of nitrogens with zero attached hydrogens (tertiary/aromatic N) is 1. The Hall–Kier alpha value is -1.23. The van der Waals surface area contributed by atoms with Gasteiger partial charge in [-0.3, -0.25) is 9.69 Å². The number of amides is 1. The van der Waals surface area contributed by atoms with Crippen LogP contribution in [0.5, 0.6) is 0 Å². The summed E-state index contributed by atoms with van der Waals surface area (Å²) in [5, 5.41) is 0.658. The highest BCUT2D eigenvalue weighted by Gasteiger charge is 2.34. The van der Waals surface area contributed by atoms with Gasteiger partial charge in [-0.1, -0.05) is 35.3 Å². The highest BCUT2D eigenvalue weighted by atomic mass is 35.5. The second-order valence-corrected chi connectivity index (χ2v) is 6.46. The van der Waals surface area contributed by atoms with E-state index < -0.39 is 0 Å². The summed E-state index contributed by atoms with van der Waals surface area (Å²) in [7, 11) is 0. The fraction of sp³-hybridized carbons (Fsp3) is 0.133. The molecule has 1 heterocycles. The molecule has 2 aromatic rings. The number of carbonyl (C=O) groups is 1. The minimum absolute atomic E-state index is 0.00675. The molecular weight excluding hydrogens is 332 g/mol. The molecule has 0 saturated carbocycles. The van der Waals surface area contributed by atoms with Gasteiger partial charge in [-0.05, 0) is 35.9 Å². The van der Waals surface area contributed by atoms with E-state index in [1.165, 1.54) is 23.9 Å². The molecule has 1 saturated heterocycles. The number of thioether (sulfide) groups is 1. The van der Waals surface area contributed by atoms with Crippen LogP contribution in [0.25, 0.3) is 0 Å². The average Bonchev–Trinajstić information content (AvgIpc) is 2.85. The summed E-state index contributed by atoms with van der Waals surface area (Å²) < 4.78 is 13.0. The SMILES string of the molecule is O=C1CS[C@@H](c2ccc(F)cc2)N1c1ccc(Cl)c(Cl)c1. The van der Waals surface area contributed by atoms with Gasteiger partial charge in [0.05, 0.1) is 15.8 Å². The van der Waals surface area contributed by atoms with E-state index in [-0.39, 0.29) is 17.1 Å². The van der Waals surface area contributed by atoms with Crippen LogP contribution >= 0.6 is 35.0 Å².